The Bertz CT molecular complexity index is 1340. The summed E-state index contributed by atoms with van der Waals surface area (Å²) in [6.45, 7) is 4.68. The normalized spacial score (nSPS) is 13.0. The molecule has 0 N–H and O–H groups in total. The lowest BCUT2D eigenvalue weighted by Crippen LogP contribution is -2.05. The number of benzene rings is 2. The fourth-order valence-corrected chi connectivity index (χ4v) is 5.42. The SMILES string of the molecule is CCCCc1ccc(/C=C\c2cc3c(s2)-n2c(C)nnc2CN=C3c2ccccc2Cl)cc1. The third kappa shape index (κ3) is 4.43. The lowest BCUT2D eigenvalue weighted by atomic mass is 10.0. The quantitative estimate of drug-likeness (QED) is 0.299. The van der Waals surface area contributed by atoms with Crippen molar-refractivity contribution in [1.29, 1.82) is 0 Å². The highest BCUT2D eigenvalue weighted by Crippen LogP contribution is 2.35. The minimum absolute atomic E-state index is 0.471. The van der Waals surface area contributed by atoms with E-state index in [0.29, 0.717) is 11.6 Å². The molecule has 2 aromatic carbocycles. The molecular weight excluding hydrogens is 448 g/mol. The average Bonchev–Trinajstić information content (AvgIpc) is 3.37. The molecule has 4 nitrogen and oxygen atoms in total. The summed E-state index contributed by atoms with van der Waals surface area (Å²) in [5.74, 6) is 1.71. The Kier molecular flexibility index (Phi) is 6.25. The van der Waals surface area contributed by atoms with Crippen LogP contribution in [0.2, 0.25) is 5.02 Å². The molecule has 0 amide bonds. The van der Waals surface area contributed by atoms with Crippen molar-refractivity contribution in [2.75, 3.05) is 0 Å². The van der Waals surface area contributed by atoms with Crippen molar-refractivity contribution in [1.82, 2.24) is 14.8 Å². The molecule has 3 heterocycles. The number of aryl methyl sites for hydroxylation is 2. The number of unbranched alkanes of at least 4 members (excludes halogenated alkanes) is 1. The lowest BCUT2D eigenvalue weighted by molar-refractivity contribution is 0.795. The van der Waals surface area contributed by atoms with Crippen LogP contribution in [0.15, 0.2) is 59.6 Å². The first-order valence-corrected chi connectivity index (χ1v) is 12.5. The van der Waals surface area contributed by atoms with Gasteiger partial charge in [0.2, 0.25) is 0 Å². The molecule has 0 atom stereocenters. The molecular formula is C27H25ClN4S. The molecule has 1 aliphatic rings. The first-order chi connectivity index (χ1) is 16.1. The van der Waals surface area contributed by atoms with Crippen molar-refractivity contribution in [3.63, 3.8) is 0 Å². The fourth-order valence-electron chi connectivity index (χ4n) is 4.06. The number of fused-ring (bicyclic) bond motifs is 3. The van der Waals surface area contributed by atoms with E-state index < -0.39 is 0 Å². The van der Waals surface area contributed by atoms with Gasteiger partial charge in [-0.15, -0.1) is 21.5 Å². The summed E-state index contributed by atoms with van der Waals surface area (Å²) in [4.78, 5) is 6.06. The first kappa shape index (κ1) is 21.8. The summed E-state index contributed by atoms with van der Waals surface area (Å²) in [5.41, 5.74) is 5.49. The number of hydrogen-bond donors (Lipinski definition) is 0. The van der Waals surface area contributed by atoms with Crippen molar-refractivity contribution >= 4 is 40.8 Å². The van der Waals surface area contributed by atoms with Gasteiger partial charge < -0.3 is 0 Å². The molecule has 6 heteroatoms. The van der Waals surface area contributed by atoms with E-state index in [1.807, 2.05) is 31.2 Å². The number of rotatable bonds is 6. The van der Waals surface area contributed by atoms with Gasteiger partial charge in [-0.3, -0.25) is 9.56 Å². The molecule has 0 radical (unpaired) electrons. The fraction of sp³-hybridized carbons (Fsp3) is 0.222. The Morgan fingerprint density at radius 1 is 1.03 bits per heavy atom. The van der Waals surface area contributed by atoms with E-state index in [-0.39, 0.29) is 0 Å². The van der Waals surface area contributed by atoms with Gasteiger partial charge in [0.1, 0.15) is 17.4 Å². The second kappa shape index (κ2) is 9.46. The smallest absolute Gasteiger partial charge is 0.160 e. The van der Waals surface area contributed by atoms with Gasteiger partial charge in [-0.2, -0.15) is 0 Å². The number of aliphatic imine (C=N–C) groups is 1. The predicted octanol–water partition coefficient (Wildman–Crippen LogP) is 7.15. The van der Waals surface area contributed by atoms with E-state index in [1.165, 1.54) is 24.0 Å². The zero-order valence-corrected chi connectivity index (χ0v) is 20.3. The summed E-state index contributed by atoms with van der Waals surface area (Å²) >= 11 is 8.28. The second-order valence-corrected chi connectivity index (χ2v) is 9.66. The van der Waals surface area contributed by atoms with Gasteiger partial charge in [0, 0.05) is 21.0 Å². The van der Waals surface area contributed by atoms with E-state index in [2.05, 4.69) is 64.2 Å². The van der Waals surface area contributed by atoms with Gasteiger partial charge in [-0.05, 0) is 49.1 Å². The maximum Gasteiger partial charge on any atom is 0.160 e. The zero-order valence-electron chi connectivity index (χ0n) is 18.8. The number of thiophene rings is 1. The van der Waals surface area contributed by atoms with E-state index in [9.17, 15) is 0 Å². The van der Waals surface area contributed by atoms with E-state index >= 15 is 0 Å². The summed E-state index contributed by atoms with van der Waals surface area (Å²) in [6, 6.07) is 18.9. The average molecular weight is 473 g/mol. The standard InChI is InChI=1S/C27H25ClN4S/c1-3-4-7-19-10-12-20(13-11-19)14-15-21-16-23-26(22-8-5-6-9-24(22)28)29-17-25-31-30-18(2)32(25)27(23)33-21/h5-6,8-16H,3-4,7,17H2,1-2H3/b15-14-. The highest BCUT2D eigenvalue weighted by molar-refractivity contribution is 7.16. The number of halogens is 1. The Hall–Kier alpha value is -3.02. The Morgan fingerprint density at radius 3 is 2.64 bits per heavy atom. The van der Waals surface area contributed by atoms with Crippen molar-refractivity contribution < 1.29 is 0 Å². The van der Waals surface area contributed by atoms with Crippen molar-refractivity contribution in [2.45, 2.75) is 39.7 Å². The molecule has 0 saturated heterocycles. The first-order valence-electron chi connectivity index (χ1n) is 11.3. The van der Waals surface area contributed by atoms with Gasteiger partial charge in [-0.25, -0.2) is 0 Å². The molecule has 0 spiro atoms. The van der Waals surface area contributed by atoms with Crippen LogP contribution in [0.1, 0.15) is 58.5 Å². The molecule has 4 aromatic rings. The van der Waals surface area contributed by atoms with Gasteiger partial charge in [0.05, 0.1) is 5.71 Å². The molecule has 0 fully saturated rings. The van der Waals surface area contributed by atoms with Crippen LogP contribution in [0.25, 0.3) is 17.2 Å². The molecule has 0 aliphatic carbocycles. The molecule has 2 aromatic heterocycles. The number of aromatic nitrogens is 3. The summed E-state index contributed by atoms with van der Waals surface area (Å²) < 4.78 is 2.12. The molecule has 0 bridgehead atoms. The summed E-state index contributed by atoms with van der Waals surface area (Å²) in [5, 5.41) is 10.4. The van der Waals surface area contributed by atoms with Crippen LogP contribution in [0, 0.1) is 6.92 Å². The third-order valence-electron chi connectivity index (χ3n) is 5.83. The number of nitrogens with zero attached hydrogens (tertiary/aromatic N) is 4. The molecule has 33 heavy (non-hydrogen) atoms. The molecule has 0 unspecified atom stereocenters. The topological polar surface area (TPSA) is 43.1 Å². The molecule has 1 aliphatic heterocycles. The number of hydrogen-bond acceptors (Lipinski definition) is 4. The van der Waals surface area contributed by atoms with Crippen LogP contribution in [0.5, 0.6) is 0 Å². The van der Waals surface area contributed by atoms with E-state index in [1.54, 1.807) is 11.3 Å². The van der Waals surface area contributed by atoms with Gasteiger partial charge in [0.25, 0.3) is 0 Å². The van der Waals surface area contributed by atoms with Crippen LogP contribution < -0.4 is 0 Å². The second-order valence-electron chi connectivity index (χ2n) is 8.19. The zero-order chi connectivity index (χ0) is 22.8. The highest BCUT2D eigenvalue weighted by Gasteiger charge is 2.25. The molecule has 166 valence electrons. The van der Waals surface area contributed by atoms with E-state index in [0.717, 1.165) is 44.8 Å². The predicted molar refractivity (Wildman–Crippen MR) is 139 cm³/mol. The summed E-state index contributed by atoms with van der Waals surface area (Å²) in [6.07, 6.45) is 7.93. The van der Waals surface area contributed by atoms with Crippen LogP contribution in [-0.4, -0.2) is 20.5 Å². The Balaban J connectivity index is 1.52. The van der Waals surface area contributed by atoms with Crippen molar-refractivity contribution in [3.05, 3.63) is 98.4 Å². The van der Waals surface area contributed by atoms with Crippen molar-refractivity contribution in [2.24, 2.45) is 4.99 Å². The third-order valence-corrected chi connectivity index (χ3v) is 7.24. The van der Waals surface area contributed by atoms with Crippen LogP contribution >= 0.6 is 22.9 Å². The molecule has 5 rings (SSSR count). The minimum Gasteiger partial charge on any atom is -0.276 e. The minimum atomic E-state index is 0.471. The molecule has 0 saturated carbocycles. The van der Waals surface area contributed by atoms with Crippen molar-refractivity contribution in [3.8, 4) is 5.00 Å². The van der Waals surface area contributed by atoms with Gasteiger partial charge >= 0.3 is 0 Å². The Labute approximate surface area is 203 Å². The maximum absolute atomic E-state index is 6.56. The van der Waals surface area contributed by atoms with Gasteiger partial charge in [-0.1, -0.05) is 73.5 Å². The Morgan fingerprint density at radius 2 is 1.85 bits per heavy atom. The van der Waals surface area contributed by atoms with Crippen LogP contribution in [-0.2, 0) is 13.0 Å². The monoisotopic (exact) mass is 472 g/mol. The maximum atomic E-state index is 6.56. The largest absolute Gasteiger partial charge is 0.276 e. The highest BCUT2D eigenvalue weighted by atomic mass is 35.5. The van der Waals surface area contributed by atoms with Crippen LogP contribution in [0.4, 0.5) is 0 Å². The van der Waals surface area contributed by atoms with Gasteiger partial charge in [0.15, 0.2) is 5.82 Å². The van der Waals surface area contributed by atoms with Crippen LogP contribution in [0.3, 0.4) is 0 Å². The van der Waals surface area contributed by atoms with E-state index in [4.69, 9.17) is 16.6 Å². The summed E-state index contributed by atoms with van der Waals surface area (Å²) in [7, 11) is 0. The lowest BCUT2D eigenvalue weighted by Gasteiger charge is -2.08.